The number of morpholine rings is 1. The van der Waals surface area contributed by atoms with E-state index in [0.29, 0.717) is 19.7 Å². The Hall–Kier alpha value is -2.14. The van der Waals surface area contributed by atoms with Gasteiger partial charge in [-0.05, 0) is 25.5 Å². The van der Waals surface area contributed by atoms with Gasteiger partial charge in [-0.25, -0.2) is 4.98 Å². The maximum Gasteiger partial charge on any atom is 0.254 e. The van der Waals surface area contributed by atoms with Gasteiger partial charge in [0.25, 0.3) is 5.91 Å². The zero-order chi connectivity index (χ0) is 14.8. The van der Waals surface area contributed by atoms with Crippen LogP contribution in [-0.4, -0.2) is 40.5 Å². The SMILES string of the molecule is Cc1cnc([C@@H]2CN(C(=O)c3ccccc3C)CCO2)[nH]1. The fraction of sp³-hybridized carbons (Fsp3) is 0.375. The van der Waals surface area contributed by atoms with Crippen molar-refractivity contribution >= 4 is 5.91 Å². The summed E-state index contributed by atoms with van der Waals surface area (Å²) < 4.78 is 5.74. The Labute approximate surface area is 124 Å². The van der Waals surface area contributed by atoms with Gasteiger partial charge in [-0.3, -0.25) is 4.79 Å². The number of benzene rings is 1. The van der Waals surface area contributed by atoms with E-state index in [2.05, 4.69) is 9.97 Å². The van der Waals surface area contributed by atoms with Crippen LogP contribution in [0, 0.1) is 13.8 Å². The highest BCUT2D eigenvalue weighted by molar-refractivity contribution is 5.95. The number of amides is 1. The summed E-state index contributed by atoms with van der Waals surface area (Å²) in [5.74, 6) is 0.847. The summed E-state index contributed by atoms with van der Waals surface area (Å²) in [6.07, 6.45) is 1.60. The number of aromatic amines is 1. The summed E-state index contributed by atoms with van der Waals surface area (Å²) in [5.41, 5.74) is 2.75. The van der Waals surface area contributed by atoms with E-state index in [0.717, 1.165) is 22.6 Å². The van der Waals surface area contributed by atoms with Crippen molar-refractivity contribution in [2.24, 2.45) is 0 Å². The number of hydrogen-bond acceptors (Lipinski definition) is 3. The number of carbonyl (C=O) groups is 1. The minimum absolute atomic E-state index is 0.0599. The van der Waals surface area contributed by atoms with Gasteiger partial charge in [0.1, 0.15) is 11.9 Å². The number of nitrogens with one attached hydrogen (secondary N) is 1. The van der Waals surface area contributed by atoms with Gasteiger partial charge in [0, 0.05) is 24.0 Å². The van der Waals surface area contributed by atoms with Crippen molar-refractivity contribution in [3.8, 4) is 0 Å². The lowest BCUT2D eigenvalue weighted by molar-refractivity contribution is -0.0265. The molecule has 1 aromatic carbocycles. The van der Waals surface area contributed by atoms with Gasteiger partial charge in [0.2, 0.25) is 0 Å². The Morgan fingerprint density at radius 3 is 2.90 bits per heavy atom. The average Bonchev–Trinajstić information content (AvgIpc) is 2.94. The van der Waals surface area contributed by atoms with E-state index < -0.39 is 0 Å². The summed E-state index contributed by atoms with van der Waals surface area (Å²) in [6, 6.07) is 7.67. The minimum Gasteiger partial charge on any atom is -0.367 e. The zero-order valence-electron chi connectivity index (χ0n) is 12.3. The van der Waals surface area contributed by atoms with E-state index in [1.807, 2.05) is 43.0 Å². The summed E-state index contributed by atoms with van der Waals surface area (Å²) in [5, 5.41) is 0. The van der Waals surface area contributed by atoms with Crippen LogP contribution in [0.15, 0.2) is 30.5 Å². The molecule has 0 unspecified atom stereocenters. The van der Waals surface area contributed by atoms with Crippen LogP contribution in [0.3, 0.4) is 0 Å². The number of rotatable bonds is 2. The third-order valence-electron chi connectivity index (χ3n) is 3.76. The number of ether oxygens (including phenoxy) is 1. The van der Waals surface area contributed by atoms with E-state index >= 15 is 0 Å². The number of H-pyrrole nitrogens is 1. The van der Waals surface area contributed by atoms with Gasteiger partial charge in [-0.2, -0.15) is 0 Å². The number of aryl methyl sites for hydroxylation is 2. The first-order valence-corrected chi connectivity index (χ1v) is 7.13. The molecule has 0 saturated carbocycles. The summed E-state index contributed by atoms with van der Waals surface area (Å²) in [4.78, 5) is 22.0. The quantitative estimate of drug-likeness (QED) is 0.920. The van der Waals surface area contributed by atoms with Crippen LogP contribution in [0.2, 0.25) is 0 Å². The maximum absolute atomic E-state index is 12.6. The lowest BCUT2D eigenvalue weighted by Crippen LogP contribution is -2.42. The van der Waals surface area contributed by atoms with Crippen molar-refractivity contribution in [2.45, 2.75) is 20.0 Å². The van der Waals surface area contributed by atoms with Crippen LogP contribution >= 0.6 is 0 Å². The average molecular weight is 285 g/mol. The van der Waals surface area contributed by atoms with E-state index in [4.69, 9.17) is 4.74 Å². The molecular weight excluding hydrogens is 266 g/mol. The maximum atomic E-state index is 12.6. The second-order valence-electron chi connectivity index (χ2n) is 5.38. The van der Waals surface area contributed by atoms with Gasteiger partial charge in [0.05, 0.1) is 13.2 Å². The van der Waals surface area contributed by atoms with E-state index in [-0.39, 0.29) is 12.0 Å². The first-order valence-electron chi connectivity index (χ1n) is 7.13. The van der Waals surface area contributed by atoms with Crippen LogP contribution in [0.4, 0.5) is 0 Å². The molecule has 5 heteroatoms. The van der Waals surface area contributed by atoms with E-state index in [1.54, 1.807) is 6.20 Å². The van der Waals surface area contributed by atoms with Crippen molar-refractivity contribution in [1.82, 2.24) is 14.9 Å². The second-order valence-corrected chi connectivity index (χ2v) is 5.38. The lowest BCUT2D eigenvalue weighted by Gasteiger charge is -2.32. The highest BCUT2D eigenvalue weighted by atomic mass is 16.5. The van der Waals surface area contributed by atoms with Gasteiger partial charge < -0.3 is 14.6 Å². The summed E-state index contributed by atoms with van der Waals surface area (Å²) >= 11 is 0. The monoisotopic (exact) mass is 285 g/mol. The standard InChI is InChI=1S/C16H19N3O2/c1-11-5-3-4-6-13(11)16(20)19-7-8-21-14(10-19)15-17-9-12(2)18-15/h3-6,9,14H,7-8,10H2,1-2H3,(H,17,18)/t14-/m0/s1. The molecule has 1 aromatic heterocycles. The molecule has 3 rings (SSSR count). The second kappa shape index (κ2) is 5.69. The Bertz CT molecular complexity index is 650. The third kappa shape index (κ3) is 2.83. The molecule has 1 atom stereocenters. The molecule has 21 heavy (non-hydrogen) atoms. The first-order chi connectivity index (χ1) is 10.1. The molecule has 2 heterocycles. The van der Waals surface area contributed by atoms with Crippen LogP contribution in [0.1, 0.15) is 33.5 Å². The van der Waals surface area contributed by atoms with Gasteiger partial charge in [-0.15, -0.1) is 0 Å². The Kier molecular flexibility index (Phi) is 3.75. The zero-order valence-corrected chi connectivity index (χ0v) is 12.3. The van der Waals surface area contributed by atoms with Crippen molar-refractivity contribution in [2.75, 3.05) is 19.7 Å². The van der Waals surface area contributed by atoms with Crippen LogP contribution in [0.5, 0.6) is 0 Å². The van der Waals surface area contributed by atoms with Crippen molar-refractivity contribution < 1.29 is 9.53 Å². The van der Waals surface area contributed by atoms with Crippen LogP contribution < -0.4 is 0 Å². The Morgan fingerprint density at radius 2 is 2.19 bits per heavy atom. The Balaban J connectivity index is 1.77. The minimum atomic E-state index is -0.180. The predicted molar refractivity (Wildman–Crippen MR) is 79.1 cm³/mol. The van der Waals surface area contributed by atoms with Crippen LogP contribution in [-0.2, 0) is 4.74 Å². The molecule has 0 aliphatic carbocycles. The molecule has 0 bridgehead atoms. The molecule has 0 spiro atoms. The van der Waals surface area contributed by atoms with Gasteiger partial charge in [0.15, 0.2) is 0 Å². The normalized spacial score (nSPS) is 18.8. The molecule has 1 saturated heterocycles. The fourth-order valence-electron chi connectivity index (χ4n) is 2.58. The lowest BCUT2D eigenvalue weighted by atomic mass is 10.1. The number of imidazole rings is 1. The predicted octanol–water partition coefficient (Wildman–Crippen LogP) is 2.24. The highest BCUT2D eigenvalue weighted by Crippen LogP contribution is 2.21. The fourth-order valence-corrected chi connectivity index (χ4v) is 2.58. The number of aromatic nitrogens is 2. The molecule has 2 aromatic rings. The molecule has 1 fully saturated rings. The molecule has 1 amide bonds. The van der Waals surface area contributed by atoms with Gasteiger partial charge >= 0.3 is 0 Å². The topological polar surface area (TPSA) is 58.2 Å². The summed E-state index contributed by atoms with van der Waals surface area (Å²) in [6.45, 7) is 5.59. The molecule has 0 radical (unpaired) electrons. The third-order valence-corrected chi connectivity index (χ3v) is 3.76. The largest absolute Gasteiger partial charge is 0.367 e. The number of hydrogen-bond donors (Lipinski definition) is 1. The molecule has 1 N–H and O–H groups in total. The molecular formula is C16H19N3O2. The first kappa shape index (κ1) is 13.8. The molecule has 1 aliphatic rings. The van der Waals surface area contributed by atoms with E-state index in [9.17, 15) is 4.79 Å². The number of carbonyl (C=O) groups excluding carboxylic acids is 1. The molecule has 110 valence electrons. The van der Waals surface area contributed by atoms with Crippen molar-refractivity contribution in [3.05, 3.63) is 53.1 Å². The van der Waals surface area contributed by atoms with Crippen molar-refractivity contribution in [3.63, 3.8) is 0 Å². The van der Waals surface area contributed by atoms with E-state index in [1.165, 1.54) is 0 Å². The molecule has 5 nitrogen and oxygen atoms in total. The molecule has 1 aliphatic heterocycles. The van der Waals surface area contributed by atoms with Gasteiger partial charge in [-0.1, -0.05) is 18.2 Å². The summed E-state index contributed by atoms with van der Waals surface area (Å²) in [7, 11) is 0. The Morgan fingerprint density at radius 1 is 1.38 bits per heavy atom. The highest BCUT2D eigenvalue weighted by Gasteiger charge is 2.28. The smallest absolute Gasteiger partial charge is 0.254 e. The number of nitrogens with zero attached hydrogens (tertiary/aromatic N) is 2. The van der Waals surface area contributed by atoms with Crippen LogP contribution in [0.25, 0.3) is 0 Å². The van der Waals surface area contributed by atoms with Crippen molar-refractivity contribution in [1.29, 1.82) is 0 Å².